The summed E-state index contributed by atoms with van der Waals surface area (Å²) in [6.07, 6.45) is -2.52. The lowest BCUT2D eigenvalue weighted by Crippen LogP contribution is -2.55. The molecule has 3 aromatic rings. The maximum atomic E-state index is 13.5. The predicted octanol–water partition coefficient (Wildman–Crippen LogP) is 1.00. The number of nitrogens with zero attached hydrogens (tertiary/aromatic N) is 10. The van der Waals surface area contributed by atoms with Gasteiger partial charge in [-0.25, -0.2) is 9.67 Å². The van der Waals surface area contributed by atoms with E-state index in [4.69, 9.17) is 10.2 Å². The maximum Gasteiger partial charge on any atom is 0.453 e. The number of carbonyl (C=O) groups is 1. The molecule has 3 aliphatic heterocycles. The third-order valence-corrected chi connectivity index (χ3v) is 6.54. The summed E-state index contributed by atoms with van der Waals surface area (Å²) in [5.74, 6) is 0.287. The van der Waals surface area contributed by atoms with Crippen LogP contribution in [-0.4, -0.2) is 82.3 Å². The number of furan rings is 1. The number of likely N-dealkylation sites (tertiary alicyclic amines) is 1. The minimum atomic E-state index is -4.64. The molecular formula is C20H22F3N11O2. The molecule has 0 aliphatic carbocycles. The van der Waals surface area contributed by atoms with Gasteiger partial charge in [-0.05, 0) is 25.0 Å². The van der Waals surface area contributed by atoms with Crippen LogP contribution < -0.4 is 5.73 Å². The van der Waals surface area contributed by atoms with Gasteiger partial charge in [-0.15, -0.1) is 10.2 Å². The molecule has 36 heavy (non-hydrogen) atoms. The SMILES string of the molecule is CN1C(N2CCC[C@H]2C(=O)N2CCn3nc(C(F)(F)F)nc3C2)=Nc2nc(-c3ccco3)nn2C1N. The molecular weight excluding hydrogens is 483 g/mol. The monoisotopic (exact) mass is 505 g/mol. The molecule has 13 nitrogen and oxygen atoms in total. The summed E-state index contributed by atoms with van der Waals surface area (Å²) < 4.78 is 47.1. The first-order chi connectivity index (χ1) is 17.2. The summed E-state index contributed by atoms with van der Waals surface area (Å²) in [5.41, 5.74) is 6.41. The normalized spacial score (nSPS) is 22.0. The van der Waals surface area contributed by atoms with Crippen LogP contribution in [0.1, 0.15) is 30.8 Å². The van der Waals surface area contributed by atoms with Crippen LogP contribution in [0.3, 0.4) is 0 Å². The number of rotatable bonds is 2. The van der Waals surface area contributed by atoms with E-state index in [0.717, 1.165) is 6.42 Å². The standard InChI is InChI=1S/C20H22F3N11O2/c1-30-17(24)34-18(26-14(28-34)12-5-3-9-36-12)27-19(30)32-6-2-4-11(32)15(35)31-7-8-33-13(10-31)25-16(29-33)20(21,22)23/h3,5,9,11,17H,2,4,6-8,10,24H2,1H3/t11-,17?/m0/s1. The van der Waals surface area contributed by atoms with Crippen molar-refractivity contribution in [2.45, 2.75) is 44.4 Å². The van der Waals surface area contributed by atoms with E-state index < -0.39 is 24.3 Å². The molecule has 1 amide bonds. The minimum absolute atomic E-state index is 0.0467. The molecule has 1 saturated heterocycles. The van der Waals surface area contributed by atoms with Crippen molar-refractivity contribution in [1.29, 1.82) is 0 Å². The Bertz CT molecular complexity index is 1330. The second-order valence-corrected chi connectivity index (χ2v) is 8.78. The number of aromatic nitrogens is 6. The average Bonchev–Trinajstić information content (AvgIpc) is 3.65. The van der Waals surface area contributed by atoms with Crippen LogP contribution in [0, 0.1) is 0 Å². The molecule has 0 spiro atoms. The average molecular weight is 505 g/mol. The van der Waals surface area contributed by atoms with Crippen LogP contribution in [-0.2, 0) is 24.1 Å². The Balaban J connectivity index is 1.25. The fraction of sp³-hybridized carbons (Fsp3) is 0.500. The Morgan fingerprint density at radius 2 is 2.03 bits per heavy atom. The van der Waals surface area contributed by atoms with Crippen LogP contribution in [0.25, 0.3) is 11.6 Å². The van der Waals surface area contributed by atoms with Crippen LogP contribution in [0.5, 0.6) is 0 Å². The molecule has 2 N–H and O–H groups in total. The molecule has 16 heteroatoms. The van der Waals surface area contributed by atoms with Crippen LogP contribution in [0.2, 0.25) is 0 Å². The lowest BCUT2D eigenvalue weighted by atomic mass is 10.1. The Morgan fingerprint density at radius 1 is 1.19 bits per heavy atom. The molecule has 6 rings (SSSR count). The lowest BCUT2D eigenvalue weighted by molar-refractivity contribution is -0.145. The van der Waals surface area contributed by atoms with E-state index in [2.05, 4.69) is 25.2 Å². The highest BCUT2D eigenvalue weighted by Crippen LogP contribution is 2.31. The molecule has 6 heterocycles. The second kappa shape index (κ2) is 8.04. The molecule has 3 aliphatic rings. The zero-order valence-corrected chi connectivity index (χ0v) is 19.1. The molecule has 0 aromatic carbocycles. The highest BCUT2D eigenvalue weighted by Gasteiger charge is 2.42. The van der Waals surface area contributed by atoms with Crippen molar-refractivity contribution in [1.82, 2.24) is 44.2 Å². The van der Waals surface area contributed by atoms with E-state index in [-0.39, 0.29) is 37.3 Å². The number of fused-ring (bicyclic) bond motifs is 2. The molecule has 0 radical (unpaired) electrons. The molecule has 0 bridgehead atoms. The number of aliphatic imine (C=N–C) groups is 1. The topological polar surface area (TPSA) is 140 Å². The maximum absolute atomic E-state index is 13.5. The fourth-order valence-corrected chi connectivity index (χ4v) is 4.71. The summed E-state index contributed by atoms with van der Waals surface area (Å²) in [6, 6.07) is 2.91. The summed E-state index contributed by atoms with van der Waals surface area (Å²) >= 11 is 0. The van der Waals surface area contributed by atoms with Gasteiger partial charge in [0.2, 0.25) is 17.7 Å². The van der Waals surface area contributed by atoms with Crippen molar-refractivity contribution in [3.8, 4) is 11.6 Å². The summed E-state index contributed by atoms with van der Waals surface area (Å²) in [7, 11) is 1.75. The van der Waals surface area contributed by atoms with Crippen molar-refractivity contribution < 1.29 is 22.4 Å². The number of guanidine groups is 1. The molecule has 0 saturated carbocycles. The zero-order valence-electron chi connectivity index (χ0n) is 19.1. The van der Waals surface area contributed by atoms with Crippen molar-refractivity contribution >= 4 is 17.8 Å². The van der Waals surface area contributed by atoms with E-state index in [0.29, 0.717) is 30.5 Å². The predicted molar refractivity (Wildman–Crippen MR) is 116 cm³/mol. The zero-order chi connectivity index (χ0) is 25.2. The van der Waals surface area contributed by atoms with E-state index >= 15 is 0 Å². The van der Waals surface area contributed by atoms with Gasteiger partial charge in [0.05, 0.1) is 19.4 Å². The summed E-state index contributed by atoms with van der Waals surface area (Å²) in [4.78, 5) is 31.3. The first-order valence-electron chi connectivity index (χ1n) is 11.3. The number of hydrogen-bond donors (Lipinski definition) is 1. The highest BCUT2D eigenvalue weighted by molar-refractivity contribution is 5.91. The largest absolute Gasteiger partial charge is 0.461 e. The number of alkyl halides is 3. The van der Waals surface area contributed by atoms with Gasteiger partial charge in [-0.2, -0.15) is 27.8 Å². The Morgan fingerprint density at radius 3 is 2.78 bits per heavy atom. The molecule has 3 aromatic heterocycles. The van der Waals surface area contributed by atoms with Gasteiger partial charge >= 0.3 is 6.18 Å². The Kier molecular flexibility index (Phi) is 5.03. The molecule has 1 unspecified atom stereocenters. The Hall–Kier alpha value is -3.95. The van der Waals surface area contributed by atoms with Crippen LogP contribution >= 0.6 is 0 Å². The van der Waals surface area contributed by atoms with Gasteiger partial charge in [0.25, 0.3) is 11.8 Å². The Labute approximate surface area is 202 Å². The van der Waals surface area contributed by atoms with Crippen LogP contribution in [0.15, 0.2) is 27.8 Å². The number of carbonyl (C=O) groups excluding carboxylic acids is 1. The van der Waals surface area contributed by atoms with Crippen molar-refractivity contribution in [3.05, 3.63) is 30.0 Å². The van der Waals surface area contributed by atoms with Gasteiger partial charge in [0.15, 0.2) is 12.0 Å². The second-order valence-electron chi connectivity index (χ2n) is 8.78. The lowest BCUT2D eigenvalue weighted by Gasteiger charge is -2.39. The summed E-state index contributed by atoms with van der Waals surface area (Å²) in [5, 5.41) is 7.94. The van der Waals surface area contributed by atoms with Crippen molar-refractivity contribution in [3.63, 3.8) is 0 Å². The van der Waals surface area contributed by atoms with E-state index in [9.17, 15) is 18.0 Å². The van der Waals surface area contributed by atoms with E-state index in [1.54, 1.807) is 24.1 Å². The first kappa shape index (κ1) is 22.5. The number of halogens is 3. The molecule has 190 valence electrons. The third kappa shape index (κ3) is 3.59. The van der Waals surface area contributed by atoms with Gasteiger partial charge < -0.3 is 19.1 Å². The molecule has 2 atom stereocenters. The fourth-order valence-electron chi connectivity index (χ4n) is 4.71. The van der Waals surface area contributed by atoms with Crippen molar-refractivity contribution in [2.75, 3.05) is 20.1 Å². The van der Waals surface area contributed by atoms with E-state index in [1.807, 2.05) is 4.90 Å². The van der Waals surface area contributed by atoms with Gasteiger partial charge in [0, 0.05) is 20.1 Å². The van der Waals surface area contributed by atoms with Crippen LogP contribution in [0.4, 0.5) is 19.1 Å². The highest BCUT2D eigenvalue weighted by atomic mass is 19.4. The third-order valence-electron chi connectivity index (χ3n) is 6.54. The first-order valence-corrected chi connectivity index (χ1v) is 11.3. The smallest absolute Gasteiger partial charge is 0.453 e. The number of amides is 1. The minimum Gasteiger partial charge on any atom is -0.461 e. The van der Waals surface area contributed by atoms with E-state index in [1.165, 1.54) is 20.5 Å². The van der Waals surface area contributed by atoms with Crippen molar-refractivity contribution in [2.24, 2.45) is 10.7 Å². The number of nitrogens with two attached hydrogens (primary N) is 1. The quantitative estimate of drug-likeness (QED) is 0.540. The van der Waals surface area contributed by atoms with Gasteiger partial charge in [0.1, 0.15) is 11.9 Å². The summed E-state index contributed by atoms with van der Waals surface area (Å²) in [6.45, 7) is 0.892. The molecule has 1 fully saturated rings. The number of hydrogen-bond acceptors (Lipinski definition) is 10. The van der Waals surface area contributed by atoms with Gasteiger partial charge in [-0.3, -0.25) is 10.5 Å². The van der Waals surface area contributed by atoms with Gasteiger partial charge in [-0.1, -0.05) is 0 Å².